The van der Waals surface area contributed by atoms with Crippen LogP contribution in [0.5, 0.6) is 0 Å². The maximum absolute atomic E-state index is 2.58. The van der Waals surface area contributed by atoms with Gasteiger partial charge in [0.1, 0.15) is 0 Å². The van der Waals surface area contributed by atoms with Gasteiger partial charge in [-0.1, -0.05) is 129 Å². The zero-order chi connectivity index (χ0) is 31.0. The molecule has 2 aromatic heterocycles. The molecule has 0 spiro atoms. The van der Waals surface area contributed by atoms with Gasteiger partial charge in [0.05, 0.1) is 11.0 Å². The van der Waals surface area contributed by atoms with Crippen molar-refractivity contribution in [3.8, 4) is 16.8 Å². The lowest BCUT2D eigenvalue weighted by Gasteiger charge is -2.22. The van der Waals surface area contributed by atoms with Gasteiger partial charge in [-0.2, -0.15) is 0 Å². The summed E-state index contributed by atoms with van der Waals surface area (Å²) in [4.78, 5) is 0. The number of nitrogens with zero attached hydrogens (tertiary/aromatic N) is 1. The summed E-state index contributed by atoms with van der Waals surface area (Å²) >= 11 is 1.96. The van der Waals surface area contributed by atoms with Crippen LogP contribution in [0.2, 0.25) is 0 Å². The number of benzene rings is 8. The predicted molar refractivity (Wildman–Crippen MR) is 204 cm³/mol. The zero-order valence-corrected chi connectivity index (χ0v) is 27.0. The third-order valence-electron chi connectivity index (χ3n) is 10.9. The highest BCUT2D eigenvalue weighted by Gasteiger charge is 2.40. The molecule has 0 amide bonds. The topological polar surface area (TPSA) is 4.93 Å². The second-order valence-corrected chi connectivity index (χ2v) is 14.7. The quantitative estimate of drug-likeness (QED) is 0.162. The first-order chi connectivity index (χ1) is 23.1. The van der Waals surface area contributed by atoms with Crippen LogP contribution in [0, 0.1) is 0 Å². The van der Waals surface area contributed by atoms with E-state index in [2.05, 4.69) is 158 Å². The van der Waals surface area contributed by atoms with Gasteiger partial charge in [0.25, 0.3) is 0 Å². The summed E-state index contributed by atoms with van der Waals surface area (Å²) in [5, 5.41) is 13.2. The number of rotatable bonds is 1. The van der Waals surface area contributed by atoms with Crippen molar-refractivity contribution in [1.29, 1.82) is 0 Å². The molecule has 1 aliphatic carbocycles. The van der Waals surface area contributed by atoms with Gasteiger partial charge in [0, 0.05) is 47.6 Å². The molecule has 0 saturated carbocycles. The Morgan fingerprint density at radius 1 is 0.511 bits per heavy atom. The first-order valence-corrected chi connectivity index (χ1v) is 17.3. The summed E-state index contributed by atoms with van der Waals surface area (Å²) in [6.45, 7) is 4.85. The van der Waals surface area contributed by atoms with Gasteiger partial charge in [-0.15, -0.1) is 11.3 Å². The molecule has 1 nitrogen and oxygen atoms in total. The van der Waals surface area contributed by atoms with Gasteiger partial charge in [0.15, 0.2) is 0 Å². The highest BCUT2D eigenvalue weighted by Crippen LogP contribution is 2.58. The third-order valence-corrected chi connectivity index (χ3v) is 12.1. The summed E-state index contributed by atoms with van der Waals surface area (Å²) in [6, 6.07) is 52.1. The van der Waals surface area contributed by atoms with Crippen molar-refractivity contribution in [2.45, 2.75) is 19.3 Å². The number of hydrogen-bond donors (Lipinski definition) is 0. The van der Waals surface area contributed by atoms with Crippen molar-refractivity contribution >= 4 is 85.6 Å². The van der Waals surface area contributed by atoms with E-state index in [9.17, 15) is 0 Å². The molecule has 1 aliphatic rings. The second kappa shape index (κ2) is 8.88. The van der Waals surface area contributed by atoms with Crippen LogP contribution in [0.4, 0.5) is 0 Å². The molecule has 0 radical (unpaired) electrons. The molecular weight excluding hydrogens is 587 g/mol. The van der Waals surface area contributed by atoms with Crippen molar-refractivity contribution in [2.75, 3.05) is 0 Å². The lowest BCUT2D eigenvalue weighted by Crippen LogP contribution is -2.15. The molecular formula is C45H29NS. The molecule has 8 aromatic carbocycles. The Kier molecular flexibility index (Phi) is 4.86. The Balaban J connectivity index is 1.40. The van der Waals surface area contributed by atoms with E-state index >= 15 is 0 Å². The molecule has 2 heterocycles. The fourth-order valence-corrected chi connectivity index (χ4v) is 10.4. The van der Waals surface area contributed by atoms with E-state index in [1.807, 2.05) is 11.3 Å². The van der Waals surface area contributed by atoms with Gasteiger partial charge in [-0.3, -0.25) is 0 Å². The van der Waals surface area contributed by atoms with Crippen molar-refractivity contribution in [2.24, 2.45) is 0 Å². The number of aromatic nitrogens is 1. The summed E-state index contributed by atoms with van der Waals surface area (Å²) < 4.78 is 5.36. The SMILES string of the molecule is CC1(C)c2ccccc2-c2c1c1sc3ccccc3c1c1c3ccccc3n(-c3ccc4c5ccccc5c5ccccc5c4c3)c21. The maximum atomic E-state index is 2.58. The van der Waals surface area contributed by atoms with Crippen LogP contribution < -0.4 is 0 Å². The number of para-hydroxylation sites is 1. The molecule has 0 N–H and O–H groups in total. The van der Waals surface area contributed by atoms with E-state index in [-0.39, 0.29) is 5.41 Å². The fourth-order valence-electron chi connectivity index (χ4n) is 8.97. The minimum absolute atomic E-state index is 0.126. The Bertz CT molecular complexity index is 2950. The lowest BCUT2D eigenvalue weighted by atomic mass is 9.81. The van der Waals surface area contributed by atoms with Crippen LogP contribution >= 0.6 is 11.3 Å². The molecule has 2 heteroatoms. The molecule has 11 rings (SSSR count). The Morgan fingerprint density at radius 2 is 1.09 bits per heavy atom. The molecule has 0 saturated heterocycles. The standard InChI is InChI=1S/C45H29NS/c1-45(2)36-20-10-7-17-32(36)41-42(45)44-40(34-19-9-12-22-38(34)47-44)39-33-18-8-11-21-37(33)46(43(39)41)26-23-24-31-29-15-4-3-13-27(29)28-14-5-6-16-30(28)35(31)25-26/h3-25H,1-2H3. The Morgan fingerprint density at radius 3 is 1.83 bits per heavy atom. The van der Waals surface area contributed by atoms with Crippen LogP contribution in [-0.2, 0) is 5.41 Å². The predicted octanol–water partition coefficient (Wildman–Crippen LogP) is 12.9. The van der Waals surface area contributed by atoms with E-state index in [0.29, 0.717) is 0 Å². The molecule has 0 aliphatic heterocycles. The molecule has 0 unspecified atom stereocenters. The lowest BCUT2D eigenvalue weighted by molar-refractivity contribution is 0.667. The summed E-state index contributed by atoms with van der Waals surface area (Å²) in [7, 11) is 0. The largest absolute Gasteiger partial charge is 0.309 e. The number of fused-ring (bicyclic) bond motifs is 18. The second-order valence-electron chi connectivity index (χ2n) is 13.6. The van der Waals surface area contributed by atoms with E-state index in [1.54, 1.807) is 0 Å². The van der Waals surface area contributed by atoms with E-state index < -0.39 is 0 Å². The van der Waals surface area contributed by atoms with Crippen molar-refractivity contribution in [3.63, 3.8) is 0 Å². The van der Waals surface area contributed by atoms with Crippen LogP contribution in [0.1, 0.15) is 25.0 Å². The zero-order valence-electron chi connectivity index (χ0n) is 26.1. The molecule has 220 valence electrons. The number of hydrogen-bond acceptors (Lipinski definition) is 1. The molecule has 10 aromatic rings. The van der Waals surface area contributed by atoms with Gasteiger partial charge in [-0.25, -0.2) is 0 Å². The first-order valence-electron chi connectivity index (χ1n) is 16.5. The van der Waals surface area contributed by atoms with Crippen LogP contribution in [0.3, 0.4) is 0 Å². The third kappa shape index (κ3) is 3.14. The minimum atomic E-state index is -0.126. The van der Waals surface area contributed by atoms with Gasteiger partial charge >= 0.3 is 0 Å². The average molecular weight is 616 g/mol. The first kappa shape index (κ1) is 25.7. The van der Waals surface area contributed by atoms with Crippen LogP contribution in [-0.4, -0.2) is 4.57 Å². The average Bonchev–Trinajstić information content (AvgIpc) is 3.74. The molecule has 47 heavy (non-hydrogen) atoms. The molecule has 0 atom stereocenters. The summed E-state index contributed by atoms with van der Waals surface area (Å²) in [5.41, 5.74) is 9.26. The normalized spacial score (nSPS) is 13.9. The maximum Gasteiger partial charge on any atom is 0.0629 e. The summed E-state index contributed by atoms with van der Waals surface area (Å²) in [5.74, 6) is 0. The van der Waals surface area contributed by atoms with Crippen molar-refractivity contribution in [1.82, 2.24) is 4.57 Å². The smallest absolute Gasteiger partial charge is 0.0629 e. The van der Waals surface area contributed by atoms with Gasteiger partial charge < -0.3 is 4.57 Å². The van der Waals surface area contributed by atoms with E-state index in [0.717, 1.165) is 0 Å². The Labute approximate surface area is 275 Å². The monoisotopic (exact) mass is 615 g/mol. The number of thiophene rings is 1. The van der Waals surface area contributed by atoms with Crippen LogP contribution in [0.25, 0.3) is 91.1 Å². The van der Waals surface area contributed by atoms with Gasteiger partial charge in [0.2, 0.25) is 0 Å². The van der Waals surface area contributed by atoms with Crippen LogP contribution in [0.15, 0.2) is 140 Å². The van der Waals surface area contributed by atoms with Crippen molar-refractivity contribution < 1.29 is 0 Å². The highest BCUT2D eigenvalue weighted by atomic mass is 32.1. The van der Waals surface area contributed by atoms with E-state index in [4.69, 9.17) is 0 Å². The van der Waals surface area contributed by atoms with E-state index in [1.165, 1.54) is 102 Å². The minimum Gasteiger partial charge on any atom is -0.309 e. The fraction of sp³-hybridized carbons (Fsp3) is 0.0667. The Hall–Kier alpha value is -5.44. The molecule has 0 fully saturated rings. The van der Waals surface area contributed by atoms with Crippen molar-refractivity contribution in [3.05, 3.63) is 151 Å². The summed E-state index contributed by atoms with van der Waals surface area (Å²) in [6.07, 6.45) is 0. The van der Waals surface area contributed by atoms with Gasteiger partial charge in [-0.05, 0) is 73.3 Å². The molecule has 0 bridgehead atoms. The highest BCUT2D eigenvalue weighted by molar-refractivity contribution is 7.26.